The van der Waals surface area contributed by atoms with E-state index in [1.165, 1.54) is 0 Å². The molecule has 0 saturated carbocycles. The van der Waals surface area contributed by atoms with Gasteiger partial charge in [0.25, 0.3) is 0 Å². The molecule has 0 radical (unpaired) electrons. The van der Waals surface area contributed by atoms with Gasteiger partial charge in [-0.2, -0.15) is 0 Å². The van der Waals surface area contributed by atoms with Gasteiger partial charge in [0.05, 0.1) is 39.6 Å². The molecule has 15 nitrogen and oxygen atoms in total. The van der Waals surface area contributed by atoms with Crippen LogP contribution in [0.5, 0.6) is 0 Å². The molecule has 0 aromatic rings. The molecule has 0 bridgehead atoms. The van der Waals surface area contributed by atoms with Crippen molar-refractivity contribution in [1.29, 1.82) is 0 Å². The molecule has 0 aliphatic rings. The Bertz CT molecular complexity index is 658. The van der Waals surface area contributed by atoms with E-state index in [9.17, 15) is 28.6 Å². The molecule has 192 valence electrons. The Morgan fingerprint density at radius 2 is 1.45 bits per heavy atom. The third-order valence-electron chi connectivity index (χ3n) is 3.11. The van der Waals surface area contributed by atoms with Crippen LogP contribution in [-0.4, -0.2) is 106 Å². The van der Waals surface area contributed by atoms with E-state index >= 15 is 0 Å². The highest BCUT2D eigenvalue weighted by atomic mass is 31.2. The SMILES string of the molecule is CC(=O)OCC(COP(=O)(O)OCCNC(=O)COCCOCCOCC(=O)O)OC(C)=O. The van der Waals surface area contributed by atoms with E-state index in [2.05, 4.69) is 14.6 Å². The molecule has 33 heavy (non-hydrogen) atoms. The van der Waals surface area contributed by atoms with Crippen LogP contribution >= 0.6 is 7.82 Å². The van der Waals surface area contributed by atoms with Gasteiger partial charge in [0.2, 0.25) is 5.91 Å². The molecule has 1 amide bonds. The lowest BCUT2D eigenvalue weighted by atomic mass is 10.4. The van der Waals surface area contributed by atoms with Gasteiger partial charge in [-0.3, -0.25) is 23.4 Å². The summed E-state index contributed by atoms with van der Waals surface area (Å²) in [5, 5.41) is 10.8. The van der Waals surface area contributed by atoms with Gasteiger partial charge < -0.3 is 39.0 Å². The summed E-state index contributed by atoms with van der Waals surface area (Å²) in [6.45, 7) is 0.717. The van der Waals surface area contributed by atoms with E-state index in [4.69, 9.17) is 28.6 Å². The normalized spacial score (nSPS) is 13.5. The zero-order chi connectivity index (χ0) is 25.1. The Hall–Kier alpha value is -2.13. The maximum absolute atomic E-state index is 11.8. The Morgan fingerprint density at radius 3 is 2.03 bits per heavy atom. The highest BCUT2D eigenvalue weighted by Crippen LogP contribution is 2.43. The number of rotatable bonds is 20. The summed E-state index contributed by atoms with van der Waals surface area (Å²) in [6, 6.07) is 0. The van der Waals surface area contributed by atoms with Crippen molar-refractivity contribution < 1.29 is 66.5 Å². The van der Waals surface area contributed by atoms with Gasteiger partial charge in [0, 0.05) is 20.4 Å². The van der Waals surface area contributed by atoms with Crippen molar-refractivity contribution >= 4 is 31.6 Å². The van der Waals surface area contributed by atoms with Crippen LogP contribution in [0.4, 0.5) is 0 Å². The number of carboxylic acid groups (broad SMARTS) is 1. The minimum absolute atomic E-state index is 0.110. The van der Waals surface area contributed by atoms with Gasteiger partial charge >= 0.3 is 25.7 Å². The topological polar surface area (TPSA) is 202 Å². The molecule has 2 unspecified atom stereocenters. The number of esters is 2. The lowest BCUT2D eigenvalue weighted by molar-refractivity contribution is -0.158. The predicted molar refractivity (Wildman–Crippen MR) is 107 cm³/mol. The second-order valence-electron chi connectivity index (χ2n) is 6.09. The Balaban J connectivity index is 3.87. The fourth-order valence-electron chi connectivity index (χ4n) is 1.84. The molecule has 2 atom stereocenters. The molecule has 0 rings (SSSR count). The second-order valence-corrected chi connectivity index (χ2v) is 7.55. The Labute approximate surface area is 190 Å². The molecule has 0 spiro atoms. The van der Waals surface area contributed by atoms with Gasteiger partial charge in [-0.25, -0.2) is 9.36 Å². The summed E-state index contributed by atoms with van der Waals surface area (Å²) < 4.78 is 45.6. The molecule has 3 N–H and O–H groups in total. The maximum atomic E-state index is 11.8. The quantitative estimate of drug-likeness (QED) is 0.102. The minimum Gasteiger partial charge on any atom is -0.480 e. The van der Waals surface area contributed by atoms with E-state index < -0.39 is 51.0 Å². The van der Waals surface area contributed by atoms with Crippen molar-refractivity contribution in [2.75, 3.05) is 66.0 Å². The summed E-state index contributed by atoms with van der Waals surface area (Å²) >= 11 is 0. The van der Waals surface area contributed by atoms with Crippen molar-refractivity contribution in [2.24, 2.45) is 0 Å². The van der Waals surface area contributed by atoms with Gasteiger partial charge in [0.1, 0.15) is 19.8 Å². The fraction of sp³-hybridized carbons (Fsp3) is 0.765. The van der Waals surface area contributed by atoms with Crippen LogP contribution in [0.1, 0.15) is 13.8 Å². The molecule has 0 fully saturated rings. The number of ether oxygens (including phenoxy) is 5. The Morgan fingerprint density at radius 1 is 0.848 bits per heavy atom. The number of hydrogen-bond acceptors (Lipinski definition) is 12. The number of phosphoric ester groups is 1. The molecule has 0 aliphatic heterocycles. The van der Waals surface area contributed by atoms with Gasteiger partial charge in [0.15, 0.2) is 6.10 Å². The predicted octanol–water partition coefficient (Wildman–Crippen LogP) is -1.13. The molecule has 0 aliphatic carbocycles. The number of hydrogen-bond donors (Lipinski definition) is 3. The highest BCUT2D eigenvalue weighted by Gasteiger charge is 2.25. The monoisotopic (exact) mass is 503 g/mol. The average molecular weight is 503 g/mol. The molecule has 0 saturated heterocycles. The fourth-order valence-corrected chi connectivity index (χ4v) is 2.59. The van der Waals surface area contributed by atoms with E-state index in [1.54, 1.807) is 0 Å². The first-order valence-electron chi connectivity index (χ1n) is 9.66. The number of carbonyl (C=O) groups is 4. The second kappa shape index (κ2) is 18.3. The zero-order valence-electron chi connectivity index (χ0n) is 18.4. The molecular weight excluding hydrogens is 473 g/mol. The van der Waals surface area contributed by atoms with Crippen molar-refractivity contribution in [3.05, 3.63) is 0 Å². The maximum Gasteiger partial charge on any atom is 0.472 e. The highest BCUT2D eigenvalue weighted by molar-refractivity contribution is 7.47. The smallest absolute Gasteiger partial charge is 0.472 e. The average Bonchev–Trinajstić information content (AvgIpc) is 2.71. The number of nitrogens with one attached hydrogen (secondary N) is 1. The molecule has 0 aromatic carbocycles. The van der Waals surface area contributed by atoms with Crippen LogP contribution in [-0.2, 0) is 56.5 Å². The van der Waals surface area contributed by atoms with Crippen molar-refractivity contribution in [2.45, 2.75) is 20.0 Å². The van der Waals surface area contributed by atoms with E-state index in [1.807, 2.05) is 0 Å². The third kappa shape index (κ3) is 21.5. The van der Waals surface area contributed by atoms with Crippen molar-refractivity contribution in [3.8, 4) is 0 Å². The summed E-state index contributed by atoms with van der Waals surface area (Å²) in [5.41, 5.74) is 0. The van der Waals surface area contributed by atoms with Crippen LogP contribution < -0.4 is 5.32 Å². The van der Waals surface area contributed by atoms with Gasteiger partial charge in [-0.15, -0.1) is 0 Å². The molecular formula is C17H30NO14P. The number of amides is 1. The number of aliphatic carboxylic acids is 1. The number of carboxylic acids is 1. The number of phosphoric acid groups is 1. The molecule has 0 aromatic heterocycles. The first kappa shape index (κ1) is 30.9. The van der Waals surface area contributed by atoms with Crippen molar-refractivity contribution in [3.63, 3.8) is 0 Å². The van der Waals surface area contributed by atoms with Crippen molar-refractivity contribution in [1.82, 2.24) is 5.32 Å². The van der Waals surface area contributed by atoms with Crippen LogP contribution in [0.15, 0.2) is 0 Å². The summed E-state index contributed by atoms with van der Waals surface area (Å²) in [5.74, 6) is -2.92. The summed E-state index contributed by atoms with van der Waals surface area (Å²) in [7, 11) is -4.52. The van der Waals surface area contributed by atoms with Gasteiger partial charge in [-0.1, -0.05) is 0 Å². The third-order valence-corrected chi connectivity index (χ3v) is 4.09. The van der Waals surface area contributed by atoms with E-state index in [0.29, 0.717) is 0 Å². The largest absolute Gasteiger partial charge is 0.480 e. The first-order valence-corrected chi connectivity index (χ1v) is 11.2. The molecule has 16 heteroatoms. The summed E-state index contributed by atoms with van der Waals surface area (Å²) in [6.07, 6.45) is -1.10. The van der Waals surface area contributed by atoms with Crippen LogP contribution in [0.25, 0.3) is 0 Å². The first-order chi connectivity index (χ1) is 15.5. The molecule has 0 heterocycles. The Kier molecular flexibility index (Phi) is 17.1. The zero-order valence-corrected chi connectivity index (χ0v) is 19.3. The van der Waals surface area contributed by atoms with Crippen LogP contribution in [0, 0.1) is 0 Å². The van der Waals surface area contributed by atoms with Crippen LogP contribution in [0.2, 0.25) is 0 Å². The number of carbonyl (C=O) groups excluding carboxylic acids is 3. The minimum atomic E-state index is -4.52. The van der Waals surface area contributed by atoms with E-state index in [-0.39, 0.29) is 52.8 Å². The van der Waals surface area contributed by atoms with E-state index in [0.717, 1.165) is 13.8 Å². The van der Waals surface area contributed by atoms with Crippen LogP contribution in [0.3, 0.4) is 0 Å². The lowest BCUT2D eigenvalue weighted by Gasteiger charge is -2.18. The van der Waals surface area contributed by atoms with Gasteiger partial charge in [-0.05, 0) is 0 Å². The summed E-state index contributed by atoms with van der Waals surface area (Å²) in [4.78, 5) is 53.3. The lowest BCUT2D eigenvalue weighted by Crippen LogP contribution is -2.31. The standard InChI is InChI=1S/C17H30NO14P/c1-13(19)29-9-15(32-14(2)20)10-31-33(24,25)30-4-3-18-16(21)11-27-7-5-26-6-8-28-12-17(22)23/h15H,3-12H2,1-2H3,(H,18,21)(H,22,23)(H,24,25).